The molecule has 0 aliphatic carbocycles. The molecule has 1 aliphatic rings. The molecule has 0 unspecified atom stereocenters. The largest absolute Gasteiger partial charge is 0.449 e. The van der Waals surface area contributed by atoms with Gasteiger partial charge in [-0.25, -0.2) is 4.98 Å². The summed E-state index contributed by atoms with van der Waals surface area (Å²) in [6, 6.07) is 12.0. The van der Waals surface area contributed by atoms with Crippen molar-refractivity contribution in [3.8, 4) is 11.4 Å². The van der Waals surface area contributed by atoms with Crippen LogP contribution in [0.4, 0.5) is 0 Å². The van der Waals surface area contributed by atoms with Crippen molar-refractivity contribution in [1.82, 2.24) is 20.2 Å². The second-order valence-corrected chi connectivity index (χ2v) is 11.3. The number of hydrogen-bond acceptors (Lipinski definition) is 5. The number of nitrogens with one attached hydrogen (secondary N) is 2. The summed E-state index contributed by atoms with van der Waals surface area (Å²) in [5, 5.41) is 5.01. The first kappa shape index (κ1) is 23.5. The SMILES string of the molecule is CC(C)(C)N1CCC(NCc2ccc(-c3nc4c(oc5ccc(Br)cc54)c(=O)[nH]3)c(Cl)c2)CC1. The molecule has 1 saturated heterocycles. The fourth-order valence-electron chi connectivity index (χ4n) is 4.63. The van der Waals surface area contributed by atoms with Crippen LogP contribution in [0.5, 0.6) is 0 Å². The van der Waals surface area contributed by atoms with Crippen LogP contribution < -0.4 is 10.9 Å². The molecule has 178 valence electrons. The molecule has 0 spiro atoms. The maximum atomic E-state index is 12.7. The third kappa shape index (κ3) is 4.67. The van der Waals surface area contributed by atoms with Crippen LogP contribution in [0.1, 0.15) is 39.2 Å². The lowest BCUT2D eigenvalue weighted by Gasteiger charge is -2.41. The molecule has 2 N–H and O–H groups in total. The minimum atomic E-state index is -0.323. The van der Waals surface area contributed by atoms with E-state index in [4.69, 9.17) is 21.0 Å². The molecular formula is C26H28BrClN4O2. The second-order valence-electron chi connectivity index (χ2n) is 9.96. The smallest absolute Gasteiger partial charge is 0.294 e. The van der Waals surface area contributed by atoms with Crippen LogP contribution in [0, 0.1) is 0 Å². The van der Waals surface area contributed by atoms with Crippen LogP contribution in [0.2, 0.25) is 5.02 Å². The summed E-state index contributed by atoms with van der Waals surface area (Å²) in [7, 11) is 0. The zero-order valence-corrected chi connectivity index (χ0v) is 21.9. The highest BCUT2D eigenvalue weighted by atomic mass is 79.9. The monoisotopic (exact) mass is 542 g/mol. The number of aromatic nitrogens is 2. The van der Waals surface area contributed by atoms with Crippen molar-refractivity contribution in [2.24, 2.45) is 0 Å². The van der Waals surface area contributed by atoms with Gasteiger partial charge in [-0.3, -0.25) is 9.69 Å². The third-order valence-corrected chi connectivity index (χ3v) is 7.42. The Balaban J connectivity index is 1.34. The molecule has 0 amide bonds. The van der Waals surface area contributed by atoms with Gasteiger partial charge in [0.15, 0.2) is 0 Å². The zero-order valence-electron chi connectivity index (χ0n) is 19.5. The number of piperidine rings is 1. The van der Waals surface area contributed by atoms with E-state index in [1.807, 2.05) is 36.4 Å². The Morgan fingerprint density at radius 1 is 1.21 bits per heavy atom. The molecule has 8 heteroatoms. The lowest BCUT2D eigenvalue weighted by Crippen LogP contribution is -2.49. The molecule has 1 fully saturated rings. The number of nitrogens with zero attached hydrogens (tertiary/aromatic N) is 2. The molecule has 0 radical (unpaired) electrons. The van der Waals surface area contributed by atoms with E-state index in [-0.39, 0.29) is 16.7 Å². The number of hydrogen-bond donors (Lipinski definition) is 2. The van der Waals surface area contributed by atoms with E-state index in [2.05, 4.69) is 51.9 Å². The fourth-order valence-corrected chi connectivity index (χ4v) is 5.28. The maximum Gasteiger partial charge on any atom is 0.294 e. The highest BCUT2D eigenvalue weighted by Crippen LogP contribution is 2.31. The standard InChI is InChI=1S/C26H28BrClN4O2/c1-26(2,3)32-10-8-17(9-11-32)29-14-15-4-6-18(20(28)12-15)24-30-22-19-13-16(27)5-7-21(19)34-23(22)25(33)31-24/h4-7,12-13,17,29H,8-11,14H2,1-3H3,(H,30,31,33). The number of halogens is 2. The number of H-pyrrole nitrogens is 1. The zero-order chi connectivity index (χ0) is 24.0. The van der Waals surface area contributed by atoms with E-state index in [9.17, 15) is 4.79 Å². The minimum absolute atomic E-state index is 0.214. The third-order valence-electron chi connectivity index (χ3n) is 6.61. The van der Waals surface area contributed by atoms with Crippen molar-refractivity contribution in [3.63, 3.8) is 0 Å². The van der Waals surface area contributed by atoms with Gasteiger partial charge in [-0.1, -0.05) is 33.6 Å². The molecule has 4 aromatic rings. The molecule has 34 heavy (non-hydrogen) atoms. The van der Waals surface area contributed by atoms with Crippen LogP contribution in [0.3, 0.4) is 0 Å². The highest BCUT2D eigenvalue weighted by Gasteiger charge is 2.26. The summed E-state index contributed by atoms with van der Waals surface area (Å²) < 4.78 is 6.62. The van der Waals surface area contributed by atoms with Crippen molar-refractivity contribution in [2.45, 2.75) is 51.7 Å². The van der Waals surface area contributed by atoms with Gasteiger partial charge in [-0.15, -0.1) is 0 Å². The van der Waals surface area contributed by atoms with Gasteiger partial charge in [-0.2, -0.15) is 0 Å². The summed E-state index contributed by atoms with van der Waals surface area (Å²) in [4.78, 5) is 22.8. The highest BCUT2D eigenvalue weighted by molar-refractivity contribution is 9.10. The molecule has 0 bridgehead atoms. The predicted molar refractivity (Wildman–Crippen MR) is 141 cm³/mol. The quantitative estimate of drug-likeness (QED) is 0.325. The molecule has 3 heterocycles. The van der Waals surface area contributed by atoms with Gasteiger partial charge < -0.3 is 14.7 Å². The molecule has 2 aromatic heterocycles. The average molecular weight is 544 g/mol. The van der Waals surface area contributed by atoms with E-state index in [0.29, 0.717) is 33.6 Å². The van der Waals surface area contributed by atoms with Crippen LogP contribution in [-0.2, 0) is 6.54 Å². The van der Waals surface area contributed by atoms with Crippen LogP contribution in [0.15, 0.2) is 50.1 Å². The van der Waals surface area contributed by atoms with Crippen molar-refractivity contribution in [3.05, 3.63) is 61.8 Å². The van der Waals surface area contributed by atoms with E-state index in [1.54, 1.807) is 0 Å². The molecule has 0 saturated carbocycles. The topological polar surface area (TPSA) is 74.2 Å². The van der Waals surface area contributed by atoms with Gasteiger partial charge in [-0.05, 0) is 69.5 Å². The Labute approximate surface area is 211 Å². The van der Waals surface area contributed by atoms with Gasteiger partial charge in [0.2, 0.25) is 5.58 Å². The summed E-state index contributed by atoms with van der Waals surface area (Å²) in [6.07, 6.45) is 2.28. The van der Waals surface area contributed by atoms with Gasteiger partial charge in [0.1, 0.15) is 16.9 Å². The number of aromatic amines is 1. The van der Waals surface area contributed by atoms with Gasteiger partial charge in [0.25, 0.3) is 5.56 Å². The Kier molecular flexibility index (Phi) is 6.31. The first-order valence-corrected chi connectivity index (χ1v) is 12.8. The Bertz CT molecular complexity index is 1410. The predicted octanol–water partition coefficient (Wildman–Crippen LogP) is 6.10. The summed E-state index contributed by atoms with van der Waals surface area (Å²) in [6.45, 7) is 9.81. The fraction of sp³-hybridized carbons (Fsp3) is 0.385. The Hall–Kier alpha value is -2.19. The van der Waals surface area contributed by atoms with Crippen molar-refractivity contribution < 1.29 is 4.42 Å². The number of likely N-dealkylation sites (tertiary alicyclic amines) is 1. The lowest BCUT2D eigenvalue weighted by molar-refractivity contribution is 0.0960. The molecule has 2 aromatic carbocycles. The minimum Gasteiger partial charge on any atom is -0.449 e. The van der Waals surface area contributed by atoms with Crippen molar-refractivity contribution in [2.75, 3.05) is 13.1 Å². The van der Waals surface area contributed by atoms with E-state index >= 15 is 0 Å². The molecule has 6 nitrogen and oxygen atoms in total. The van der Waals surface area contributed by atoms with Crippen LogP contribution >= 0.6 is 27.5 Å². The van der Waals surface area contributed by atoms with E-state index in [1.165, 1.54) is 0 Å². The number of benzene rings is 2. The second kappa shape index (κ2) is 9.11. The van der Waals surface area contributed by atoms with Crippen molar-refractivity contribution in [1.29, 1.82) is 0 Å². The molecule has 1 aliphatic heterocycles. The Morgan fingerprint density at radius 2 is 1.97 bits per heavy atom. The average Bonchev–Trinajstić information content (AvgIpc) is 3.16. The summed E-state index contributed by atoms with van der Waals surface area (Å²) in [5.74, 6) is 0.430. The van der Waals surface area contributed by atoms with Gasteiger partial charge in [0, 0.05) is 46.6 Å². The number of fused-ring (bicyclic) bond motifs is 3. The van der Waals surface area contributed by atoms with Gasteiger partial charge in [0.05, 0.1) is 5.02 Å². The molecule has 5 rings (SSSR count). The van der Waals surface area contributed by atoms with Crippen LogP contribution in [0.25, 0.3) is 33.5 Å². The van der Waals surface area contributed by atoms with Gasteiger partial charge >= 0.3 is 0 Å². The lowest BCUT2D eigenvalue weighted by atomic mass is 9.98. The number of furan rings is 1. The Morgan fingerprint density at radius 3 is 2.68 bits per heavy atom. The van der Waals surface area contributed by atoms with E-state index < -0.39 is 0 Å². The van der Waals surface area contributed by atoms with Crippen LogP contribution in [-0.4, -0.2) is 39.5 Å². The molecular weight excluding hydrogens is 516 g/mol. The van der Waals surface area contributed by atoms with E-state index in [0.717, 1.165) is 47.9 Å². The first-order chi connectivity index (χ1) is 16.2. The molecule has 0 atom stereocenters. The summed E-state index contributed by atoms with van der Waals surface area (Å²) >= 11 is 10.1. The maximum absolute atomic E-state index is 12.7. The summed E-state index contributed by atoms with van der Waals surface area (Å²) in [5.41, 5.74) is 3.06. The first-order valence-electron chi connectivity index (χ1n) is 11.6. The number of rotatable bonds is 4. The van der Waals surface area contributed by atoms with Crippen molar-refractivity contribution >= 4 is 49.6 Å². The normalized spacial score (nSPS) is 16.0.